The second-order valence-corrected chi connectivity index (χ2v) is 5.84. The summed E-state index contributed by atoms with van der Waals surface area (Å²) in [7, 11) is 1.86. The van der Waals surface area contributed by atoms with Gasteiger partial charge in [0, 0.05) is 19.6 Å². The molecule has 1 amide bonds. The van der Waals surface area contributed by atoms with Gasteiger partial charge in [-0.2, -0.15) is 0 Å². The second-order valence-electron chi connectivity index (χ2n) is 5.43. The molecule has 1 unspecified atom stereocenters. The lowest BCUT2D eigenvalue weighted by Crippen LogP contribution is -2.39. The van der Waals surface area contributed by atoms with Crippen LogP contribution in [0.1, 0.15) is 12.0 Å². The summed E-state index contributed by atoms with van der Waals surface area (Å²) in [5.74, 6) is 1.30. The Bertz CT molecular complexity index is 548. The van der Waals surface area contributed by atoms with Crippen LogP contribution in [0.15, 0.2) is 12.1 Å². The Balaban J connectivity index is 0.00000176. The number of amides is 1. The zero-order valence-electron chi connectivity index (χ0n) is 12.4. The van der Waals surface area contributed by atoms with Gasteiger partial charge in [0.15, 0.2) is 11.5 Å². The van der Waals surface area contributed by atoms with Crippen LogP contribution < -0.4 is 14.8 Å². The van der Waals surface area contributed by atoms with Crippen molar-refractivity contribution in [2.45, 2.75) is 18.9 Å². The minimum Gasteiger partial charge on any atom is -0.486 e. The number of ether oxygens (including phenoxy) is 2. The fourth-order valence-corrected chi connectivity index (χ4v) is 3.03. The highest BCUT2D eigenvalue weighted by Crippen LogP contribution is 2.38. The maximum Gasteiger partial charge on any atom is 0.227 e. The van der Waals surface area contributed by atoms with E-state index in [9.17, 15) is 4.79 Å². The van der Waals surface area contributed by atoms with E-state index < -0.39 is 0 Å². The van der Waals surface area contributed by atoms with Crippen molar-refractivity contribution >= 4 is 29.9 Å². The van der Waals surface area contributed by atoms with Gasteiger partial charge in [-0.25, -0.2) is 0 Å². The van der Waals surface area contributed by atoms with Crippen LogP contribution in [0.3, 0.4) is 0 Å². The van der Waals surface area contributed by atoms with Crippen molar-refractivity contribution in [1.29, 1.82) is 0 Å². The van der Waals surface area contributed by atoms with Crippen LogP contribution in [0.5, 0.6) is 11.5 Å². The number of nitrogens with zero attached hydrogens (tertiary/aromatic N) is 1. The van der Waals surface area contributed by atoms with Gasteiger partial charge in [-0.3, -0.25) is 4.79 Å². The number of halogens is 2. The van der Waals surface area contributed by atoms with E-state index >= 15 is 0 Å². The smallest absolute Gasteiger partial charge is 0.227 e. The molecule has 0 radical (unpaired) electrons. The number of carbonyl (C=O) groups is 1. The average molecular weight is 347 g/mol. The first-order chi connectivity index (χ1) is 10.1. The van der Waals surface area contributed by atoms with E-state index in [1.807, 2.05) is 18.0 Å². The number of hydrogen-bond acceptors (Lipinski definition) is 4. The molecular weight excluding hydrogens is 327 g/mol. The highest BCUT2D eigenvalue weighted by Gasteiger charge is 2.24. The molecule has 5 nitrogen and oxygen atoms in total. The predicted octanol–water partition coefficient (Wildman–Crippen LogP) is 1.90. The summed E-state index contributed by atoms with van der Waals surface area (Å²) >= 11 is 6.20. The maximum absolute atomic E-state index is 12.4. The third kappa shape index (κ3) is 3.59. The van der Waals surface area contributed by atoms with Crippen molar-refractivity contribution in [3.8, 4) is 11.5 Å². The van der Waals surface area contributed by atoms with Gasteiger partial charge in [0.25, 0.3) is 0 Å². The summed E-state index contributed by atoms with van der Waals surface area (Å²) in [6.45, 7) is 2.85. The first-order valence-electron chi connectivity index (χ1n) is 7.19. The topological polar surface area (TPSA) is 50.8 Å². The van der Waals surface area contributed by atoms with E-state index in [1.165, 1.54) is 0 Å². The molecule has 0 aromatic heterocycles. The molecule has 122 valence electrons. The summed E-state index contributed by atoms with van der Waals surface area (Å²) in [6.07, 6.45) is 1.33. The van der Waals surface area contributed by atoms with Crippen LogP contribution in [-0.4, -0.2) is 50.2 Å². The highest BCUT2D eigenvalue weighted by atomic mass is 35.5. The van der Waals surface area contributed by atoms with Gasteiger partial charge in [0.2, 0.25) is 5.91 Å². The predicted molar refractivity (Wildman–Crippen MR) is 87.4 cm³/mol. The van der Waals surface area contributed by atoms with Gasteiger partial charge >= 0.3 is 0 Å². The maximum atomic E-state index is 12.4. The Hall–Kier alpha value is -1.17. The van der Waals surface area contributed by atoms with Crippen LogP contribution in [-0.2, 0) is 11.2 Å². The lowest BCUT2D eigenvalue weighted by Gasteiger charge is -2.24. The molecule has 2 aliphatic rings. The summed E-state index contributed by atoms with van der Waals surface area (Å²) in [5.41, 5.74) is 0.854. The largest absolute Gasteiger partial charge is 0.486 e. The molecule has 1 saturated heterocycles. The molecule has 1 aromatic carbocycles. The third-order valence-electron chi connectivity index (χ3n) is 3.99. The Morgan fingerprint density at radius 1 is 1.41 bits per heavy atom. The molecule has 3 rings (SSSR count). The normalized spacial score (nSPS) is 19.5. The van der Waals surface area contributed by atoms with Crippen LogP contribution in [0, 0.1) is 0 Å². The first-order valence-corrected chi connectivity index (χ1v) is 7.57. The fraction of sp³-hybridized carbons (Fsp3) is 0.533. The fourth-order valence-electron chi connectivity index (χ4n) is 2.74. The standard InChI is InChI=1S/C15H19ClN2O3.ClH/c1-18(11-2-3-17-9-11)14(19)8-10-6-12(16)15-13(7-10)20-4-5-21-15;/h6-7,11,17H,2-5,8-9H2,1H3;1H. The van der Waals surface area contributed by atoms with Crippen molar-refractivity contribution in [2.75, 3.05) is 33.4 Å². The molecule has 0 spiro atoms. The van der Waals surface area contributed by atoms with Gasteiger partial charge < -0.3 is 19.7 Å². The molecule has 2 heterocycles. The molecule has 1 fully saturated rings. The SMILES string of the molecule is CN(C(=O)Cc1cc(Cl)c2c(c1)OCCO2)C1CCNC1.Cl. The molecule has 0 bridgehead atoms. The van der Waals surface area contributed by atoms with Crippen LogP contribution >= 0.6 is 24.0 Å². The number of fused-ring (bicyclic) bond motifs is 1. The average Bonchev–Trinajstić information content (AvgIpc) is 3.00. The zero-order valence-corrected chi connectivity index (χ0v) is 14.0. The first kappa shape index (κ1) is 17.2. The molecule has 1 atom stereocenters. The molecule has 7 heteroatoms. The van der Waals surface area contributed by atoms with Crippen LogP contribution in [0.4, 0.5) is 0 Å². The summed E-state index contributed by atoms with van der Waals surface area (Å²) < 4.78 is 11.0. The van der Waals surface area contributed by atoms with Crippen LogP contribution in [0.2, 0.25) is 5.02 Å². The number of benzene rings is 1. The number of rotatable bonds is 3. The van der Waals surface area contributed by atoms with Gasteiger partial charge in [-0.05, 0) is 30.7 Å². The van der Waals surface area contributed by atoms with Crippen LogP contribution in [0.25, 0.3) is 0 Å². The van der Waals surface area contributed by atoms with E-state index in [4.69, 9.17) is 21.1 Å². The minimum atomic E-state index is 0. The molecular formula is C15H20Cl2N2O3. The van der Waals surface area contributed by atoms with E-state index in [0.29, 0.717) is 36.2 Å². The van der Waals surface area contributed by atoms with Gasteiger partial charge in [0.1, 0.15) is 13.2 Å². The number of likely N-dealkylation sites (N-methyl/N-ethyl adjacent to an activating group) is 1. The van der Waals surface area contributed by atoms with Gasteiger partial charge in [0.05, 0.1) is 11.4 Å². The lowest BCUT2D eigenvalue weighted by molar-refractivity contribution is -0.130. The Kier molecular flexibility index (Phi) is 5.78. The van der Waals surface area contributed by atoms with E-state index in [-0.39, 0.29) is 24.4 Å². The molecule has 2 aliphatic heterocycles. The van der Waals surface area contributed by atoms with Crippen molar-refractivity contribution in [3.05, 3.63) is 22.7 Å². The molecule has 1 N–H and O–H groups in total. The Morgan fingerprint density at radius 2 is 2.18 bits per heavy atom. The monoisotopic (exact) mass is 346 g/mol. The Morgan fingerprint density at radius 3 is 2.91 bits per heavy atom. The van der Waals surface area contributed by atoms with Crippen molar-refractivity contribution in [1.82, 2.24) is 10.2 Å². The molecule has 0 aliphatic carbocycles. The van der Waals surface area contributed by atoms with E-state index in [1.54, 1.807) is 6.07 Å². The van der Waals surface area contributed by atoms with Crippen molar-refractivity contribution in [2.24, 2.45) is 0 Å². The highest BCUT2D eigenvalue weighted by molar-refractivity contribution is 6.32. The lowest BCUT2D eigenvalue weighted by atomic mass is 10.1. The summed E-state index contributed by atoms with van der Waals surface area (Å²) in [5, 5.41) is 3.77. The quantitative estimate of drug-likeness (QED) is 0.907. The van der Waals surface area contributed by atoms with Crippen molar-refractivity contribution in [3.63, 3.8) is 0 Å². The van der Waals surface area contributed by atoms with Gasteiger partial charge in [-0.1, -0.05) is 11.6 Å². The van der Waals surface area contributed by atoms with E-state index in [0.717, 1.165) is 25.1 Å². The number of hydrogen-bond donors (Lipinski definition) is 1. The Labute approximate surface area is 141 Å². The molecule has 0 saturated carbocycles. The zero-order chi connectivity index (χ0) is 14.8. The van der Waals surface area contributed by atoms with Gasteiger partial charge in [-0.15, -0.1) is 12.4 Å². The summed E-state index contributed by atoms with van der Waals surface area (Å²) in [4.78, 5) is 14.2. The minimum absolute atomic E-state index is 0. The molecule has 22 heavy (non-hydrogen) atoms. The molecule has 1 aromatic rings. The summed E-state index contributed by atoms with van der Waals surface area (Å²) in [6, 6.07) is 3.91. The van der Waals surface area contributed by atoms with E-state index in [2.05, 4.69) is 5.32 Å². The number of carbonyl (C=O) groups excluding carboxylic acids is 1. The second kappa shape index (κ2) is 7.40. The number of nitrogens with one attached hydrogen (secondary N) is 1. The third-order valence-corrected chi connectivity index (χ3v) is 4.27. The van der Waals surface area contributed by atoms with Crippen molar-refractivity contribution < 1.29 is 14.3 Å².